The number of aromatic nitrogens is 3. The number of hydrogen-bond acceptors (Lipinski definition) is 7. The lowest BCUT2D eigenvalue weighted by molar-refractivity contribution is 0.107. The Balaban J connectivity index is 1.49. The third-order valence-electron chi connectivity index (χ3n) is 6.55. The number of hydrogen-bond donors (Lipinski definition) is 0. The molecular weight excluding hydrogens is 428 g/mol. The van der Waals surface area contributed by atoms with E-state index in [4.69, 9.17) is 21.1 Å². The minimum Gasteiger partial charge on any atom is -0.461 e. The van der Waals surface area contributed by atoms with Gasteiger partial charge in [0.25, 0.3) is 0 Å². The molecule has 3 fully saturated rings. The zero-order valence-corrected chi connectivity index (χ0v) is 18.3. The number of nitrogens with zero attached hydrogens (tertiary/aromatic N) is 5. The predicted molar refractivity (Wildman–Crippen MR) is 113 cm³/mol. The summed E-state index contributed by atoms with van der Waals surface area (Å²) in [6, 6.07) is 0.0718. The second-order valence-corrected chi connectivity index (χ2v) is 9.39. The van der Waals surface area contributed by atoms with Crippen LogP contribution in [0.1, 0.15) is 32.6 Å². The minimum absolute atomic E-state index is 0.0718. The monoisotopic (exact) mass is 453 g/mol. The molecule has 3 saturated heterocycles. The molecule has 31 heavy (non-hydrogen) atoms. The number of pyridine rings is 1. The molecule has 3 aliphatic rings. The lowest BCUT2D eigenvalue weighted by Crippen LogP contribution is -2.43. The van der Waals surface area contributed by atoms with Gasteiger partial charge < -0.3 is 14.4 Å². The maximum absolute atomic E-state index is 14.8. The highest BCUT2D eigenvalue weighted by atomic mass is 35.5. The summed E-state index contributed by atoms with van der Waals surface area (Å²) in [4.78, 5) is 17.1. The molecule has 0 aromatic carbocycles. The van der Waals surface area contributed by atoms with Crippen molar-refractivity contribution in [3.63, 3.8) is 0 Å². The molecule has 0 bridgehead atoms. The molecule has 0 N–H and O–H groups in total. The molecule has 10 heteroatoms. The molecule has 2 atom stereocenters. The van der Waals surface area contributed by atoms with Crippen LogP contribution < -0.4 is 9.64 Å². The van der Waals surface area contributed by atoms with E-state index in [9.17, 15) is 8.78 Å². The number of fused-ring (bicyclic) bond motifs is 2. The Morgan fingerprint density at radius 1 is 1.23 bits per heavy atom. The van der Waals surface area contributed by atoms with Gasteiger partial charge in [-0.25, -0.2) is 13.8 Å². The maximum atomic E-state index is 14.8. The average Bonchev–Trinajstić information content (AvgIpc) is 3.06. The lowest BCUT2D eigenvalue weighted by Gasteiger charge is -2.31. The van der Waals surface area contributed by atoms with E-state index in [1.807, 2.05) is 4.90 Å². The SMILES string of the molecule is CC1(F)CN2CCCC2(COc2nc(N3CCCOCC3)c3cnc(Cl)c(F)c3n2)C1. The summed E-state index contributed by atoms with van der Waals surface area (Å²) in [6.07, 6.45) is 4.61. The number of anilines is 1. The molecule has 0 aliphatic carbocycles. The Morgan fingerprint density at radius 2 is 2.10 bits per heavy atom. The Kier molecular flexibility index (Phi) is 5.38. The Labute approximate surface area is 184 Å². The van der Waals surface area contributed by atoms with Crippen LogP contribution in [0.4, 0.5) is 14.6 Å². The summed E-state index contributed by atoms with van der Waals surface area (Å²) in [5, 5.41) is 0.237. The highest BCUT2D eigenvalue weighted by Gasteiger charge is 2.54. The van der Waals surface area contributed by atoms with Gasteiger partial charge in [0.15, 0.2) is 11.0 Å². The average molecular weight is 454 g/mol. The van der Waals surface area contributed by atoms with Gasteiger partial charge in [0.2, 0.25) is 0 Å². The highest BCUT2D eigenvalue weighted by molar-refractivity contribution is 6.30. The van der Waals surface area contributed by atoms with Gasteiger partial charge in [-0.2, -0.15) is 9.97 Å². The van der Waals surface area contributed by atoms with Crippen LogP contribution in [0.3, 0.4) is 0 Å². The zero-order valence-electron chi connectivity index (χ0n) is 17.5. The minimum atomic E-state index is -1.24. The Morgan fingerprint density at radius 3 is 2.97 bits per heavy atom. The van der Waals surface area contributed by atoms with Gasteiger partial charge in [-0.1, -0.05) is 11.6 Å². The van der Waals surface area contributed by atoms with Crippen molar-refractivity contribution in [2.75, 3.05) is 50.9 Å². The summed E-state index contributed by atoms with van der Waals surface area (Å²) in [5.74, 6) is -0.146. The van der Waals surface area contributed by atoms with Crippen LogP contribution in [0.25, 0.3) is 10.9 Å². The molecular formula is C21H26ClF2N5O2. The van der Waals surface area contributed by atoms with Crippen molar-refractivity contribution >= 4 is 28.3 Å². The lowest BCUT2D eigenvalue weighted by atomic mass is 9.90. The third-order valence-corrected chi connectivity index (χ3v) is 6.82. The molecule has 5 rings (SSSR count). The van der Waals surface area contributed by atoms with E-state index in [1.165, 1.54) is 6.20 Å². The zero-order chi connectivity index (χ0) is 21.6. The molecule has 0 amide bonds. The Hall–Kier alpha value is -1.84. The van der Waals surface area contributed by atoms with Crippen molar-refractivity contribution in [2.24, 2.45) is 0 Å². The topological polar surface area (TPSA) is 63.6 Å². The van der Waals surface area contributed by atoms with Crippen molar-refractivity contribution in [1.29, 1.82) is 0 Å². The molecule has 7 nitrogen and oxygen atoms in total. The van der Waals surface area contributed by atoms with Crippen LogP contribution >= 0.6 is 11.6 Å². The Bertz CT molecular complexity index is 986. The van der Waals surface area contributed by atoms with Gasteiger partial charge in [0.05, 0.1) is 17.5 Å². The summed E-state index contributed by atoms with van der Waals surface area (Å²) >= 11 is 5.92. The van der Waals surface area contributed by atoms with E-state index in [1.54, 1.807) is 6.92 Å². The smallest absolute Gasteiger partial charge is 0.319 e. The van der Waals surface area contributed by atoms with Crippen molar-refractivity contribution in [3.05, 3.63) is 17.2 Å². The van der Waals surface area contributed by atoms with E-state index in [2.05, 4.69) is 19.9 Å². The summed E-state index contributed by atoms with van der Waals surface area (Å²) in [7, 11) is 0. The van der Waals surface area contributed by atoms with Gasteiger partial charge in [-0.3, -0.25) is 4.90 Å². The molecule has 2 aromatic heterocycles. The van der Waals surface area contributed by atoms with E-state index >= 15 is 0 Å². The first-order valence-corrected chi connectivity index (χ1v) is 11.2. The van der Waals surface area contributed by atoms with Crippen molar-refractivity contribution < 1.29 is 18.3 Å². The van der Waals surface area contributed by atoms with E-state index in [0.717, 1.165) is 25.8 Å². The fraction of sp³-hybridized carbons (Fsp3) is 0.667. The van der Waals surface area contributed by atoms with Crippen molar-refractivity contribution in [1.82, 2.24) is 19.9 Å². The fourth-order valence-corrected chi connectivity index (χ4v) is 5.40. The summed E-state index contributed by atoms with van der Waals surface area (Å²) in [6.45, 7) is 5.73. The molecule has 0 spiro atoms. The molecule has 168 valence electrons. The predicted octanol–water partition coefficient (Wildman–Crippen LogP) is 3.39. The number of ether oxygens (including phenoxy) is 2. The second-order valence-electron chi connectivity index (χ2n) is 9.04. The van der Waals surface area contributed by atoms with E-state index < -0.39 is 11.5 Å². The van der Waals surface area contributed by atoms with Crippen molar-refractivity contribution in [3.8, 4) is 6.01 Å². The normalized spacial score (nSPS) is 29.4. The molecule has 2 aromatic rings. The van der Waals surface area contributed by atoms with E-state index in [0.29, 0.717) is 50.5 Å². The number of rotatable bonds is 4. The van der Waals surface area contributed by atoms with Crippen LogP contribution in [0.5, 0.6) is 6.01 Å². The van der Waals surface area contributed by atoms with Crippen LogP contribution in [-0.4, -0.2) is 77.1 Å². The summed E-state index contributed by atoms with van der Waals surface area (Å²) < 4.78 is 41.1. The van der Waals surface area contributed by atoms with Gasteiger partial charge in [0, 0.05) is 38.9 Å². The number of alkyl halides is 1. The summed E-state index contributed by atoms with van der Waals surface area (Å²) in [5.41, 5.74) is -1.53. The van der Waals surface area contributed by atoms with E-state index in [-0.39, 0.29) is 28.8 Å². The quantitative estimate of drug-likeness (QED) is 0.657. The fourth-order valence-electron chi connectivity index (χ4n) is 5.26. The molecule has 0 saturated carbocycles. The number of halogens is 3. The van der Waals surface area contributed by atoms with Gasteiger partial charge in [-0.15, -0.1) is 0 Å². The molecule has 3 aliphatic heterocycles. The van der Waals surface area contributed by atoms with Crippen LogP contribution in [0.15, 0.2) is 6.20 Å². The standard InChI is InChI=1S/C21H26ClF2N5O2/c1-20(24)11-21(4-2-6-29(21)12-20)13-31-19-26-16-14(10-25-17(22)15(16)23)18(27-19)28-5-3-8-30-9-7-28/h10H,2-9,11-13H2,1H3. The van der Waals surface area contributed by atoms with Crippen LogP contribution in [0, 0.1) is 5.82 Å². The third kappa shape index (κ3) is 3.91. The molecule has 5 heterocycles. The first-order chi connectivity index (χ1) is 14.9. The largest absolute Gasteiger partial charge is 0.461 e. The van der Waals surface area contributed by atoms with Gasteiger partial charge in [0.1, 0.15) is 23.6 Å². The molecule has 2 unspecified atom stereocenters. The van der Waals surface area contributed by atoms with Crippen LogP contribution in [0.2, 0.25) is 5.15 Å². The highest BCUT2D eigenvalue weighted by Crippen LogP contribution is 2.45. The van der Waals surface area contributed by atoms with Gasteiger partial charge in [-0.05, 0) is 32.7 Å². The van der Waals surface area contributed by atoms with Crippen molar-refractivity contribution in [2.45, 2.75) is 43.8 Å². The second kappa shape index (κ2) is 7.94. The first kappa shape index (κ1) is 21.0. The molecule has 0 radical (unpaired) electrons. The van der Waals surface area contributed by atoms with Gasteiger partial charge >= 0.3 is 6.01 Å². The first-order valence-electron chi connectivity index (χ1n) is 10.8. The maximum Gasteiger partial charge on any atom is 0.319 e. The van der Waals surface area contributed by atoms with Crippen LogP contribution in [-0.2, 0) is 4.74 Å².